The molecule has 6 heteroatoms. The Bertz CT molecular complexity index is 1140. The molecule has 1 N–H and O–H groups in total. The molecule has 0 radical (unpaired) electrons. The lowest BCUT2D eigenvalue weighted by atomic mass is 10.0. The molecule has 0 aromatic heterocycles. The average Bonchev–Trinajstić information content (AvgIpc) is 2.87. The standard InChI is InChI=1S/C30H35BrN2O2S/c1-4-23(3)32-30(35)28(18-24-12-6-5-7-13-24)33(19-25-14-10-16-27(31)17-25)29(34)21-36-20-26-15-9-8-11-22(26)2/h5-17,23,28H,4,18-21H2,1-3H3,(H,32,35)/t23-,28+/m1/s1. The molecule has 0 unspecified atom stereocenters. The quantitative estimate of drug-likeness (QED) is 0.270. The smallest absolute Gasteiger partial charge is 0.243 e. The molecule has 0 heterocycles. The fourth-order valence-corrected chi connectivity index (χ4v) is 5.36. The normalized spacial score (nSPS) is 12.6. The summed E-state index contributed by atoms with van der Waals surface area (Å²) in [5.74, 6) is 0.921. The average molecular weight is 568 g/mol. The fraction of sp³-hybridized carbons (Fsp3) is 0.333. The van der Waals surface area contributed by atoms with Gasteiger partial charge in [-0.1, -0.05) is 89.6 Å². The van der Waals surface area contributed by atoms with Gasteiger partial charge in [0.2, 0.25) is 11.8 Å². The molecule has 0 saturated carbocycles. The van der Waals surface area contributed by atoms with Crippen molar-refractivity contribution in [3.05, 3.63) is 106 Å². The molecule has 0 aliphatic carbocycles. The molecule has 0 saturated heterocycles. The van der Waals surface area contributed by atoms with Gasteiger partial charge in [-0.25, -0.2) is 0 Å². The monoisotopic (exact) mass is 566 g/mol. The van der Waals surface area contributed by atoms with Gasteiger partial charge in [0.05, 0.1) is 5.75 Å². The van der Waals surface area contributed by atoms with E-state index in [1.807, 2.05) is 80.6 Å². The molecular formula is C30H35BrN2O2S. The number of hydrogen-bond donors (Lipinski definition) is 1. The Morgan fingerprint density at radius 1 is 0.972 bits per heavy atom. The van der Waals surface area contributed by atoms with Gasteiger partial charge in [0.25, 0.3) is 0 Å². The van der Waals surface area contributed by atoms with Crippen LogP contribution >= 0.6 is 27.7 Å². The van der Waals surface area contributed by atoms with E-state index < -0.39 is 6.04 Å². The number of nitrogens with zero attached hydrogens (tertiary/aromatic N) is 1. The van der Waals surface area contributed by atoms with Crippen LogP contribution in [0.4, 0.5) is 0 Å². The third kappa shape index (κ3) is 8.52. The molecule has 36 heavy (non-hydrogen) atoms. The molecule has 0 fully saturated rings. The maximum absolute atomic E-state index is 13.7. The van der Waals surface area contributed by atoms with Crippen molar-refractivity contribution in [3.63, 3.8) is 0 Å². The first-order valence-electron chi connectivity index (χ1n) is 12.4. The Hall–Kier alpha value is -2.57. The van der Waals surface area contributed by atoms with E-state index in [2.05, 4.69) is 40.3 Å². The highest BCUT2D eigenvalue weighted by Gasteiger charge is 2.30. The van der Waals surface area contributed by atoms with Crippen molar-refractivity contribution in [3.8, 4) is 0 Å². The van der Waals surface area contributed by atoms with Gasteiger partial charge in [0.1, 0.15) is 6.04 Å². The van der Waals surface area contributed by atoms with E-state index in [1.54, 1.807) is 16.7 Å². The highest BCUT2D eigenvalue weighted by Crippen LogP contribution is 2.21. The van der Waals surface area contributed by atoms with Gasteiger partial charge in [-0.2, -0.15) is 0 Å². The van der Waals surface area contributed by atoms with Crippen LogP contribution in [0.5, 0.6) is 0 Å². The Labute approximate surface area is 228 Å². The summed E-state index contributed by atoms with van der Waals surface area (Å²) in [6, 6.07) is 25.5. The van der Waals surface area contributed by atoms with Crippen LogP contribution in [-0.2, 0) is 28.3 Å². The van der Waals surface area contributed by atoms with Gasteiger partial charge in [0, 0.05) is 29.2 Å². The largest absolute Gasteiger partial charge is 0.352 e. The number of nitrogens with one attached hydrogen (secondary N) is 1. The van der Waals surface area contributed by atoms with E-state index >= 15 is 0 Å². The lowest BCUT2D eigenvalue weighted by molar-refractivity contribution is -0.139. The maximum atomic E-state index is 13.7. The van der Waals surface area contributed by atoms with E-state index in [1.165, 1.54) is 11.1 Å². The molecule has 0 spiro atoms. The highest BCUT2D eigenvalue weighted by atomic mass is 79.9. The zero-order valence-electron chi connectivity index (χ0n) is 21.2. The molecule has 0 aliphatic rings. The molecule has 4 nitrogen and oxygen atoms in total. The van der Waals surface area contributed by atoms with Crippen molar-refractivity contribution in [1.29, 1.82) is 0 Å². The van der Waals surface area contributed by atoms with Crippen LogP contribution in [0.2, 0.25) is 0 Å². The Kier molecular flexibility index (Phi) is 11.1. The topological polar surface area (TPSA) is 49.4 Å². The van der Waals surface area contributed by atoms with Crippen LogP contribution < -0.4 is 5.32 Å². The van der Waals surface area contributed by atoms with Crippen molar-refractivity contribution < 1.29 is 9.59 Å². The number of halogens is 1. The molecule has 3 rings (SSSR count). The summed E-state index contributed by atoms with van der Waals surface area (Å²) < 4.78 is 0.949. The Morgan fingerprint density at radius 3 is 2.36 bits per heavy atom. The van der Waals surface area contributed by atoms with Crippen molar-refractivity contribution >= 4 is 39.5 Å². The molecule has 3 aromatic carbocycles. The van der Waals surface area contributed by atoms with Crippen LogP contribution in [-0.4, -0.2) is 34.6 Å². The van der Waals surface area contributed by atoms with Crippen LogP contribution in [0.15, 0.2) is 83.3 Å². The lowest BCUT2D eigenvalue weighted by Gasteiger charge is -2.32. The summed E-state index contributed by atoms with van der Waals surface area (Å²) >= 11 is 5.13. The summed E-state index contributed by atoms with van der Waals surface area (Å²) in [7, 11) is 0. The summed E-state index contributed by atoms with van der Waals surface area (Å²) in [6.07, 6.45) is 1.29. The number of rotatable bonds is 12. The SMILES string of the molecule is CC[C@@H](C)NC(=O)[C@H](Cc1ccccc1)N(Cc1cccc(Br)c1)C(=O)CSCc1ccccc1C. The predicted molar refractivity (Wildman–Crippen MR) is 154 cm³/mol. The predicted octanol–water partition coefficient (Wildman–Crippen LogP) is 6.55. The third-order valence-electron chi connectivity index (χ3n) is 6.26. The van der Waals surface area contributed by atoms with Crippen molar-refractivity contribution in [2.75, 3.05) is 5.75 Å². The molecular weight excluding hydrogens is 532 g/mol. The molecule has 3 aromatic rings. The van der Waals surface area contributed by atoms with E-state index in [0.29, 0.717) is 18.7 Å². The number of benzene rings is 3. The van der Waals surface area contributed by atoms with Crippen molar-refractivity contribution in [1.82, 2.24) is 10.2 Å². The number of carbonyl (C=O) groups excluding carboxylic acids is 2. The Morgan fingerprint density at radius 2 is 1.67 bits per heavy atom. The summed E-state index contributed by atoms with van der Waals surface area (Å²) in [5.41, 5.74) is 4.46. The minimum atomic E-state index is -0.605. The minimum absolute atomic E-state index is 0.0335. The van der Waals surface area contributed by atoms with Gasteiger partial charge in [0.15, 0.2) is 0 Å². The zero-order valence-corrected chi connectivity index (χ0v) is 23.6. The van der Waals surface area contributed by atoms with Crippen LogP contribution in [0, 0.1) is 6.92 Å². The number of thioether (sulfide) groups is 1. The second-order valence-electron chi connectivity index (χ2n) is 9.09. The molecule has 2 amide bonds. The second kappa shape index (κ2) is 14.2. The first-order valence-corrected chi connectivity index (χ1v) is 14.3. The Balaban J connectivity index is 1.86. The maximum Gasteiger partial charge on any atom is 0.243 e. The molecule has 2 atom stereocenters. The molecule has 0 bridgehead atoms. The van der Waals surface area contributed by atoms with E-state index in [0.717, 1.165) is 27.8 Å². The van der Waals surface area contributed by atoms with E-state index in [4.69, 9.17) is 0 Å². The van der Waals surface area contributed by atoms with Gasteiger partial charge in [-0.3, -0.25) is 9.59 Å². The molecule has 190 valence electrons. The lowest BCUT2D eigenvalue weighted by Crippen LogP contribution is -2.52. The number of amides is 2. The number of aryl methyl sites for hydroxylation is 1. The van der Waals surface area contributed by atoms with Gasteiger partial charge < -0.3 is 10.2 Å². The first kappa shape index (κ1) is 28.0. The summed E-state index contributed by atoms with van der Waals surface area (Å²) in [4.78, 5) is 29.0. The van der Waals surface area contributed by atoms with Crippen molar-refractivity contribution in [2.45, 2.75) is 58.0 Å². The van der Waals surface area contributed by atoms with Gasteiger partial charge in [-0.15, -0.1) is 11.8 Å². The first-order chi connectivity index (χ1) is 17.4. The number of carbonyl (C=O) groups is 2. The van der Waals surface area contributed by atoms with Crippen molar-refractivity contribution in [2.24, 2.45) is 0 Å². The fourth-order valence-electron chi connectivity index (χ4n) is 3.93. The van der Waals surface area contributed by atoms with E-state index in [-0.39, 0.29) is 17.9 Å². The van der Waals surface area contributed by atoms with Gasteiger partial charge >= 0.3 is 0 Å². The summed E-state index contributed by atoms with van der Waals surface area (Å²) in [5, 5.41) is 3.12. The van der Waals surface area contributed by atoms with Crippen LogP contribution in [0.3, 0.4) is 0 Å². The van der Waals surface area contributed by atoms with Gasteiger partial charge in [-0.05, 0) is 54.7 Å². The van der Waals surface area contributed by atoms with Crippen LogP contribution in [0.25, 0.3) is 0 Å². The highest BCUT2D eigenvalue weighted by molar-refractivity contribution is 9.10. The number of hydrogen-bond acceptors (Lipinski definition) is 3. The third-order valence-corrected chi connectivity index (χ3v) is 7.72. The zero-order chi connectivity index (χ0) is 25.9. The van der Waals surface area contributed by atoms with E-state index in [9.17, 15) is 9.59 Å². The molecule has 0 aliphatic heterocycles. The second-order valence-corrected chi connectivity index (χ2v) is 11.0. The summed E-state index contributed by atoms with van der Waals surface area (Å²) in [6.45, 7) is 6.50. The van der Waals surface area contributed by atoms with Crippen LogP contribution in [0.1, 0.15) is 42.5 Å². The minimum Gasteiger partial charge on any atom is -0.352 e.